The number of hydrogen-bond acceptors (Lipinski definition) is 4. The van der Waals surface area contributed by atoms with E-state index in [9.17, 15) is 8.42 Å². The highest BCUT2D eigenvalue weighted by Gasteiger charge is 2.19. The second-order valence-corrected chi connectivity index (χ2v) is 9.08. The molecule has 166 valence electrons. The summed E-state index contributed by atoms with van der Waals surface area (Å²) in [5.41, 5.74) is 0. The van der Waals surface area contributed by atoms with Crippen LogP contribution in [0.15, 0.2) is 34.2 Å². The summed E-state index contributed by atoms with van der Waals surface area (Å²) in [6.45, 7) is 8.92. The molecule has 10 heteroatoms. The molecule has 0 bridgehead atoms. The minimum absolute atomic E-state index is 0. The van der Waals surface area contributed by atoms with Crippen LogP contribution in [-0.4, -0.2) is 64.6 Å². The lowest BCUT2D eigenvalue weighted by Gasteiger charge is -2.32. The zero-order valence-corrected chi connectivity index (χ0v) is 21.1. The molecule has 2 rings (SSSR count). The fourth-order valence-corrected chi connectivity index (χ4v) is 4.52. The second kappa shape index (κ2) is 13.6. The molecule has 1 aliphatic heterocycles. The Hall–Kier alpha value is -0.620. The summed E-state index contributed by atoms with van der Waals surface area (Å²) in [5, 5.41) is 7.10. The number of nitrogens with zero attached hydrogens (tertiary/aromatic N) is 2. The van der Waals surface area contributed by atoms with Crippen molar-refractivity contribution in [1.29, 1.82) is 0 Å². The number of hydrogen-bond donors (Lipinski definition) is 3. The molecule has 1 fully saturated rings. The third kappa shape index (κ3) is 9.37. The molecule has 0 amide bonds. The average molecular weight is 558 g/mol. The van der Waals surface area contributed by atoms with Gasteiger partial charge in [0.15, 0.2) is 5.96 Å². The Labute approximate surface area is 197 Å². The third-order valence-electron chi connectivity index (χ3n) is 4.59. The third-order valence-corrected chi connectivity index (χ3v) is 6.29. The summed E-state index contributed by atoms with van der Waals surface area (Å²) in [6.07, 6.45) is 3.37. The van der Waals surface area contributed by atoms with Gasteiger partial charge < -0.3 is 15.5 Å². The number of piperidine rings is 1. The topological polar surface area (TPSA) is 85.8 Å². The van der Waals surface area contributed by atoms with Gasteiger partial charge in [-0.25, -0.2) is 13.1 Å². The van der Waals surface area contributed by atoms with Crippen molar-refractivity contribution in [3.05, 3.63) is 29.3 Å². The van der Waals surface area contributed by atoms with Crippen LogP contribution in [0.25, 0.3) is 0 Å². The molecule has 1 heterocycles. The van der Waals surface area contributed by atoms with Gasteiger partial charge in [-0.15, -0.1) is 24.0 Å². The minimum Gasteiger partial charge on any atom is -0.357 e. The van der Waals surface area contributed by atoms with Crippen LogP contribution in [-0.2, 0) is 10.0 Å². The summed E-state index contributed by atoms with van der Waals surface area (Å²) >= 11 is 5.87. The zero-order chi connectivity index (χ0) is 20.4. The van der Waals surface area contributed by atoms with Gasteiger partial charge in [-0.1, -0.05) is 24.6 Å². The van der Waals surface area contributed by atoms with Gasteiger partial charge in [-0.3, -0.25) is 4.99 Å². The molecule has 1 aromatic carbocycles. The first-order valence-corrected chi connectivity index (χ1v) is 11.8. The molecule has 1 aliphatic rings. The summed E-state index contributed by atoms with van der Waals surface area (Å²) in [7, 11) is -3.58. The molecule has 0 aliphatic carbocycles. The standard InChI is InChI=1S/C19H32ClN5O2S.HI/c1-3-12-25-13-8-17(9-14-25)24-19(21-4-2)22-10-11-23-28(26,27)18-7-5-6-16(20)15-18;/h5-7,15,17,23H,3-4,8-14H2,1-2H3,(H2,21,22,24);1H. The molecule has 7 nitrogen and oxygen atoms in total. The van der Waals surface area contributed by atoms with Crippen LogP contribution in [0.2, 0.25) is 5.02 Å². The smallest absolute Gasteiger partial charge is 0.240 e. The molecule has 0 saturated carbocycles. The lowest BCUT2D eigenvalue weighted by molar-refractivity contribution is 0.206. The summed E-state index contributed by atoms with van der Waals surface area (Å²) in [6, 6.07) is 6.62. The molecule has 0 radical (unpaired) electrons. The highest BCUT2D eigenvalue weighted by atomic mass is 127. The first kappa shape index (κ1) is 26.4. The number of nitrogens with one attached hydrogen (secondary N) is 3. The van der Waals surface area contributed by atoms with Crippen molar-refractivity contribution in [2.24, 2.45) is 4.99 Å². The second-order valence-electron chi connectivity index (χ2n) is 6.88. The van der Waals surface area contributed by atoms with Crippen LogP contribution in [0.4, 0.5) is 0 Å². The maximum atomic E-state index is 12.3. The lowest BCUT2D eigenvalue weighted by Crippen LogP contribution is -2.49. The van der Waals surface area contributed by atoms with Crippen molar-refractivity contribution in [3.8, 4) is 0 Å². The molecule has 3 N–H and O–H groups in total. The minimum atomic E-state index is -3.58. The van der Waals surface area contributed by atoms with Crippen molar-refractivity contribution in [2.45, 2.75) is 44.0 Å². The van der Waals surface area contributed by atoms with E-state index in [4.69, 9.17) is 11.6 Å². The summed E-state index contributed by atoms with van der Waals surface area (Å²) in [4.78, 5) is 7.16. The number of aliphatic imine (C=N–C) groups is 1. The number of sulfonamides is 1. The van der Waals surface area contributed by atoms with Gasteiger partial charge in [0.05, 0.1) is 11.4 Å². The molecule has 1 saturated heterocycles. The number of likely N-dealkylation sites (tertiary alicyclic amines) is 1. The quantitative estimate of drug-likeness (QED) is 0.188. The van der Waals surface area contributed by atoms with Crippen LogP contribution >= 0.6 is 35.6 Å². The van der Waals surface area contributed by atoms with Gasteiger partial charge in [-0.2, -0.15) is 0 Å². The van der Waals surface area contributed by atoms with E-state index in [1.165, 1.54) is 18.6 Å². The largest absolute Gasteiger partial charge is 0.357 e. The average Bonchev–Trinajstić information content (AvgIpc) is 2.67. The first-order chi connectivity index (χ1) is 13.4. The Balaban J connectivity index is 0.00000420. The molecule has 0 spiro atoms. The van der Waals surface area contributed by atoms with Crippen molar-refractivity contribution in [2.75, 3.05) is 39.3 Å². The lowest BCUT2D eigenvalue weighted by atomic mass is 10.1. The summed E-state index contributed by atoms with van der Waals surface area (Å²) in [5.74, 6) is 0.735. The zero-order valence-electron chi connectivity index (χ0n) is 17.2. The van der Waals surface area contributed by atoms with E-state index in [2.05, 4.69) is 32.2 Å². The van der Waals surface area contributed by atoms with E-state index < -0.39 is 10.0 Å². The maximum absolute atomic E-state index is 12.3. The molecular weight excluding hydrogens is 525 g/mol. The predicted molar refractivity (Wildman–Crippen MR) is 131 cm³/mol. The normalized spacial score (nSPS) is 16.3. The Morgan fingerprint density at radius 2 is 2.00 bits per heavy atom. The van der Waals surface area contributed by atoms with Gasteiger partial charge in [-0.05, 0) is 50.9 Å². The van der Waals surface area contributed by atoms with Crippen molar-refractivity contribution < 1.29 is 8.42 Å². The first-order valence-electron chi connectivity index (χ1n) is 9.97. The Morgan fingerprint density at radius 1 is 1.28 bits per heavy atom. The van der Waals surface area contributed by atoms with Gasteiger partial charge in [0.2, 0.25) is 10.0 Å². The van der Waals surface area contributed by atoms with E-state index in [0.717, 1.165) is 45.0 Å². The number of benzene rings is 1. The Bertz CT molecular complexity index is 740. The Morgan fingerprint density at radius 3 is 2.62 bits per heavy atom. The van der Waals surface area contributed by atoms with E-state index in [1.54, 1.807) is 12.1 Å². The molecule has 29 heavy (non-hydrogen) atoms. The predicted octanol–water partition coefficient (Wildman–Crippen LogP) is 2.67. The van der Waals surface area contributed by atoms with Crippen LogP contribution in [0.5, 0.6) is 0 Å². The van der Waals surface area contributed by atoms with Gasteiger partial charge >= 0.3 is 0 Å². The number of guanidine groups is 1. The van der Waals surface area contributed by atoms with E-state index >= 15 is 0 Å². The van der Waals surface area contributed by atoms with E-state index in [0.29, 0.717) is 17.6 Å². The van der Waals surface area contributed by atoms with Crippen LogP contribution in [0, 0.1) is 0 Å². The number of halogens is 2. The Kier molecular flexibility index (Phi) is 12.4. The van der Waals surface area contributed by atoms with Crippen LogP contribution in [0.1, 0.15) is 33.1 Å². The molecule has 0 atom stereocenters. The molecule has 1 aromatic rings. The molecule has 0 unspecified atom stereocenters. The van der Waals surface area contributed by atoms with Gasteiger partial charge in [0, 0.05) is 37.2 Å². The molecule has 0 aromatic heterocycles. The van der Waals surface area contributed by atoms with Crippen LogP contribution in [0.3, 0.4) is 0 Å². The monoisotopic (exact) mass is 557 g/mol. The number of rotatable bonds is 9. The maximum Gasteiger partial charge on any atom is 0.240 e. The van der Waals surface area contributed by atoms with Gasteiger partial charge in [0.1, 0.15) is 0 Å². The fourth-order valence-electron chi connectivity index (χ4n) is 3.20. The SMILES string of the molecule is CCCN1CCC(NC(=NCCNS(=O)(=O)c2cccc(Cl)c2)NCC)CC1.I. The van der Waals surface area contributed by atoms with Crippen LogP contribution < -0.4 is 15.4 Å². The summed E-state index contributed by atoms with van der Waals surface area (Å²) < 4.78 is 27.2. The van der Waals surface area contributed by atoms with Crippen molar-refractivity contribution >= 4 is 51.6 Å². The van der Waals surface area contributed by atoms with E-state index in [-0.39, 0.29) is 35.4 Å². The van der Waals surface area contributed by atoms with E-state index in [1.807, 2.05) is 6.92 Å². The van der Waals surface area contributed by atoms with Gasteiger partial charge in [0.25, 0.3) is 0 Å². The van der Waals surface area contributed by atoms with Crippen molar-refractivity contribution in [1.82, 2.24) is 20.3 Å². The highest BCUT2D eigenvalue weighted by Crippen LogP contribution is 2.15. The fraction of sp³-hybridized carbons (Fsp3) is 0.632. The van der Waals surface area contributed by atoms with Crippen molar-refractivity contribution in [3.63, 3.8) is 0 Å². The highest BCUT2D eigenvalue weighted by molar-refractivity contribution is 14.0. The molecular formula is C19H33ClIN5O2S.